The molecule has 2 aliphatic rings. The summed E-state index contributed by atoms with van der Waals surface area (Å²) >= 11 is 0. The van der Waals surface area contributed by atoms with Crippen LogP contribution < -0.4 is 10.6 Å². The van der Waals surface area contributed by atoms with Gasteiger partial charge in [0.25, 0.3) is 0 Å². The first kappa shape index (κ1) is 12.5. The summed E-state index contributed by atoms with van der Waals surface area (Å²) in [6, 6.07) is 9.12. The van der Waals surface area contributed by atoms with Crippen LogP contribution in [-0.4, -0.2) is 12.6 Å². The number of benzene rings is 1. The van der Waals surface area contributed by atoms with E-state index in [1.54, 1.807) is 0 Å². The van der Waals surface area contributed by atoms with Gasteiger partial charge >= 0.3 is 0 Å². The lowest BCUT2D eigenvalue weighted by Crippen LogP contribution is -2.43. The monoisotopic (exact) mass is 255 g/mol. The summed E-state index contributed by atoms with van der Waals surface area (Å²) in [4.78, 5) is 2.49. The van der Waals surface area contributed by atoms with Gasteiger partial charge in [-0.05, 0) is 49.3 Å². The third kappa shape index (κ3) is 2.21. The fourth-order valence-corrected chi connectivity index (χ4v) is 3.80. The molecule has 1 saturated heterocycles. The lowest BCUT2D eigenvalue weighted by Gasteiger charge is -2.40. The Morgan fingerprint density at radius 2 is 2.11 bits per heavy atom. The first-order valence-corrected chi connectivity index (χ1v) is 7.33. The number of hydrogen-bond donors (Lipinski definition) is 1. The molecule has 2 atom stereocenters. The molecule has 1 aromatic carbocycles. The van der Waals surface area contributed by atoms with Crippen molar-refractivity contribution in [1.82, 2.24) is 0 Å². The molecule has 2 unspecified atom stereocenters. The van der Waals surface area contributed by atoms with E-state index in [-0.39, 0.29) is 0 Å². The number of piperidine rings is 1. The maximum Gasteiger partial charge on any atom is 0.101 e. The number of rotatable bonds is 2. The maximum atomic E-state index is 9.39. The predicted octanol–water partition coefficient (Wildman–Crippen LogP) is 2.79. The van der Waals surface area contributed by atoms with Crippen molar-refractivity contribution >= 4 is 5.69 Å². The molecule has 1 aromatic rings. The summed E-state index contributed by atoms with van der Waals surface area (Å²) in [6.07, 6.45) is 6.61. The predicted molar refractivity (Wildman–Crippen MR) is 76.8 cm³/mol. The zero-order chi connectivity index (χ0) is 13.2. The molecular formula is C16H21N3. The molecule has 0 spiro atoms. The summed E-state index contributed by atoms with van der Waals surface area (Å²) in [7, 11) is 0. The average Bonchev–Trinajstić information content (AvgIpc) is 2.95. The number of nitriles is 1. The van der Waals surface area contributed by atoms with Crippen LogP contribution >= 0.6 is 0 Å². The largest absolute Gasteiger partial charge is 0.367 e. The van der Waals surface area contributed by atoms with Gasteiger partial charge in [0.15, 0.2) is 0 Å². The molecule has 1 aliphatic carbocycles. The van der Waals surface area contributed by atoms with Gasteiger partial charge in [0.2, 0.25) is 0 Å². The first-order chi connectivity index (χ1) is 9.33. The number of anilines is 1. The number of hydrogen-bond acceptors (Lipinski definition) is 3. The fraction of sp³-hybridized carbons (Fsp3) is 0.562. The molecule has 3 nitrogen and oxygen atoms in total. The standard InChI is InChI=1S/C16H21N3/c17-10-12-6-7-16(14(9-12)11-18)19-8-2-4-13-3-1-5-15(13)19/h6-7,9,13,15H,1-5,8,10,17H2. The minimum atomic E-state index is 0.501. The molecule has 0 bridgehead atoms. The van der Waals surface area contributed by atoms with Gasteiger partial charge < -0.3 is 10.6 Å². The lowest BCUT2D eigenvalue weighted by atomic mass is 9.91. The molecule has 2 fully saturated rings. The van der Waals surface area contributed by atoms with Gasteiger partial charge in [-0.2, -0.15) is 5.26 Å². The number of nitrogens with two attached hydrogens (primary N) is 1. The third-order valence-corrected chi connectivity index (χ3v) is 4.72. The second kappa shape index (κ2) is 5.22. The molecule has 0 amide bonds. The zero-order valence-electron chi connectivity index (χ0n) is 11.3. The van der Waals surface area contributed by atoms with Crippen molar-refractivity contribution in [3.8, 4) is 6.07 Å². The van der Waals surface area contributed by atoms with Crippen LogP contribution in [0.1, 0.15) is 43.2 Å². The summed E-state index contributed by atoms with van der Waals surface area (Å²) in [5.74, 6) is 0.842. The van der Waals surface area contributed by atoms with E-state index < -0.39 is 0 Å². The second-order valence-corrected chi connectivity index (χ2v) is 5.76. The van der Waals surface area contributed by atoms with E-state index in [2.05, 4.69) is 23.1 Å². The highest BCUT2D eigenvalue weighted by atomic mass is 15.2. The van der Waals surface area contributed by atoms with Gasteiger partial charge in [0.05, 0.1) is 11.3 Å². The summed E-state index contributed by atoms with van der Waals surface area (Å²) < 4.78 is 0. The molecule has 100 valence electrons. The minimum absolute atomic E-state index is 0.501. The Hall–Kier alpha value is -1.53. The third-order valence-electron chi connectivity index (χ3n) is 4.72. The quantitative estimate of drug-likeness (QED) is 0.884. The highest BCUT2D eigenvalue weighted by Crippen LogP contribution is 2.40. The van der Waals surface area contributed by atoms with Crippen LogP contribution in [0, 0.1) is 17.2 Å². The van der Waals surface area contributed by atoms with Crippen LogP contribution in [0.5, 0.6) is 0 Å². The van der Waals surface area contributed by atoms with E-state index in [9.17, 15) is 5.26 Å². The number of fused-ring (bicyclic) bond motifs is 1. The molecule has 3 rings (SSSR count). The fourth-order valence-electron chi connectivity index (χ4n) is 3.80. The molecule has 3 heteroatoms. The van der Waals surface area contributed by atoms with Crippen molar-refractivity contribution in [3.63, 3.8) is 0 Å². The summed E-state index contributed by atoms with van der Waals surface area (Å²) in [6.45, 7) is 1.60. The van der Waals surface area contributed by atoms with Crippen LogP contribution in [0.2, 0.25) is 0 Å². The molecule has 1 aliphatic heterocycles. The van der Waals surface area contributed by atoms with E-state index in [0.29, 0.717) is 12.6 Å². The topological polar surface area (TPSA) is 53.1 Å². The van der Waals surface area contributed by atoms with Crippen LogP contribution in [-0.2, 0) is 6.54 Å². The Morgan fingerprint density at radius 1 is 1.26 bits per heavy atom. The van der Waals surface area contributed by atoms with E-state index in [1.165, 1.54) is 32.1 Å². The van der Waals surface area contributed by atoms with Gasteiger partial charge in [-0.3, -0.25) is 0 Å². The zero-order valence-corrected chi connectivity index (χ0v) is 11.3. The molecule has 1 saturated carbocycles. The SMILES string of the molecule is N#Cc1cc(CN)ccc1N1CCCC2CCCC21. The first-order valence-electron chi connectivity index (χ1n) is 7.33. The van der Waals surface area contributed by atoms with Crippen molar-refractivity contribution in [1.29, 1.82) is 5.26 Å². The second-order valence-electron chi connectivity index (χ2n) is 5.76. The van der Waals surface area contributed by atoms with Crippen LogP contribution in [0.15, 0.2) is 18.2 Å². The smallest absolute Gasteiger partial charge is 0.101 e. The van der Waals surface area contributed by atoms with E-state index in [0.717, 1.165) is 29.3 Å². The van der Waals surface area contributed by atoms with E-state index in [4.69, 9.17) is 5.73 Å². The average molecular weight is 255 g/mol. The van der Waals surface area contributed by atoms with Crippen molar-refractivity contribution in [2.75, 3.05) is 11.4 Å². The Bertz CT molecular complexity index is 503. The number of nitrogens with zero attached hydrogens (tertiary/aromatic N) is 2. The molecular weight excluding hydrogens is 234 g/mol. The van der Waals surface area contributed by atoms with E-state index >= 15 is 0 Å². The van der Waals surface area contributed by atoms with Gasteiger partial charge in [-0.25, -0.2) is 0 Å². The molecule has 19 heavy (non-hydrogen) atoms. The van der Waals surface area contributed by atoms with Crippen LogP contribution in [0.4, 0.5) is 5.69 Å². The van der Waals surface area contributed by atoms with Crippen LogP contribution in [0.3, 0.4) is 0 Å². The summed E-state index contributed by atoms with van der Waals surface area (Å²) in [5, 5.41) is 9.39. The lowest BCUT2D eigenvalue weighted by molar-refractivity contribution is 0.362. The molecule has 1 heterocycles. The Labute approximate surface area is 115 Å². The molecule has 0 aromatic heterocycles. The van der Waals surface area contributed by atoms with Gasteiger partial charge in [0.1, 0.15) is 6.07 Å². The summed E-state index contributed by atoms with van der Waals surface area (Å²) in [5.41, 5.74) is 8.62. The van der Waals surface area contributed by atoms with Crippen molar-refractivity contribution in [2.45, 2.75) is 44.7 Å². The van der Waals surface area contributed by atoms with E-state index in [1.807, 2.05) is 6.07 Å². The van der Waals surface area contributed by atoms with Crippen LogP contribution in [0.25, 0.3) is 0 Å². The molecule has 0 radical (unpaired) electrons. The normalized spacial score (nSPS) is 26.0. The van der Waals surface area contributed by atoms with Crippen molar-refractivity contribution in [3.05, 3.63) is 29.3 Å². The van der Waals surface area contributed by atoms with Gasteiger partial charge in [0, 0.05) is 19.1 Å². The Balaban J connectivity index is 1.94. The highest BCUT2D eigenvalue weighted by Gasteiger charge is 2.35. The maximum absolute atomic E-state index is 9.39. The van der Waals surface area contributed by atoms with Crippen molar-refractivity contribution < 1.29 is 0 Å². The Kier molecular flexibility index (Phi) is 3.44. The Morgan fingerprint density at radius 3 is 2.89 bits per heavy atom. The van der Waals surface area contributed by atoms with Crippen molar-refractivity contribution in [2.24, 2.45) is 11.7 Å². The highest BCUT2D eigenvalue weighted by molar-refractivity contribution is 5.61. The molecule has 2 N–H and O–H groups in total. The van der Waals surface area contributed by atoms with Gasteiger partial charge in [-0.15, -0.1) is 0 Å². The van der Waals surface area contributed by atoms with Gasteiger partial charge in [-0.1, -0.05) is 12.5 Å². The minimum Gasteiger partial charge on any atom is -0.367 e.